The topological polar surface area (TPSA) is 44.8 Å². The van der Waals surface area contributed by atoms with Gasteiger partial charge in [0.15, 0.2) is 0 Å². The molecular weight excluding hydrogens is 340 g/mol. The number of unbranched alkanes of at least 4 members (excludes halogenated alkanes) is 13. The quantitative estimate of drug-likeness (QED) is 0.158. The van der Waals surface area contributed by atoms with Crippen molar-refractivity contribution >= 4 is 5.97 Å². The SMILES string of the molecule is CCCCCCCCCCCCCCCCOCCOCCC(=O)OCC. The Hall–Kier alpha value is -0.610. The molecule has 27 heavy (non-hydrogen) atoms. The molecule has 0 saturated carbocycles. The third-order valence-electron chi connectivity index (χ3n) is 4.77. The van der Waals surface area contributed by atoms with Crippen molar-refractivity contribution in [2.24, 2.45) is 0 Å². The van der Waals surface area contributed by atoms with Gasteiger partial charge in [0.2, 0.25) is 0 Å². The summed E-state index contributed by atoms with van der Waals surface area (Å²) in [7, 11) is 0. The summed E-state index contributed by atoms with van der Waals surface area (Å²) < 4.78 is 15.7. The minimum absolute atomic E-state index is 0.194. The summed E-state index contributed by atoms with van der Waals surface area (Å²) in [5.74, 6) is -0.194. The maximum absolute atomic E-state index is 11.1. The second-order valence-electron chi connectivity index (χ2n) is 7.38. The Morgan fingerprint density at radius 2 is 1.00 bits per heavy atom. The average molecular weight is 387 g/mol. The first kappa shape index (κ1) is 26.4. The first-order valence-electron chi connectivity index (χ1n) is 11.6. The number of hydrogen-bond donors (Lipinski definition) is 0. The minimum atomic E-state index is -0.194. The Bertz CT molecular complexity index is 294. The molecule has 0 radical (unpaired) electrons. The normalized spacial score (nSPS) is 11.0. The standard InChI is InChI=1S/C23H46O4/c1-3-5-6-7-8-9-10-11-12-13-14-15-16-17-19-25-21-22-26-20-18-23(24)27-4-2/h3-22H2,1-2H3. The number of carbonyl (C=O) groups excluding carboxylic acids is 1. The molecule has 0 N–H and O–H groups in total. The van der Waals surface area contributed by atoms with Crippen molar-refractivity contribution in [3.8, 4) is 0 Å². The van der Waals surface area contributed by atoms with Gasteiger partial charge in [-0.2, -0.15) is 0 Å². The van der Waals surface area contributed by atoms with E-state index in [1.165, 1.54) is 83.5 Å². The van der Waals surface area contributed by atoms with Gasteiger partial charge in [-0.15, -0.1) is 0 Å². The molecule has 4 heteroatoms. The second-order valence-corrected chi connectivity index (χ2v) is 7.38. The zero-order valence-electron chi connectivity index (χ0n) is 18.3. The van der Waals surface area contributed by atoms with Gasteiger partial charge in [-0.05, 0) is 13.3 Å². The van der Waals surface area contributed by atoms with Gasteiger partial charge in [0.1, 0.15) is 0 Å². The van der Waals surface area contributed by atoms with Crippen molar-refractivity contribution in [2.45, 2.75) is 110 Å². The fourth-order valence-corrected chi connectivity index (χ4v) is 3.11. The molecule has 0 bridgehead atoms. The van der Waals surface area contributed by atoms with Crippen LogP contribution in [0.5, 0.6) is 0 Å². The Balaban J connectivity index is 3.02. The van der Waals surface area contributed by atoms with Crippen molar-refractivity contribution in [1.29, 1.82) is 0 Å². The van der Waals surface area contributed by atoms with Gasteiger partial charge < -0.3 is 14.2 Å². The lowest BCUT2D eigenvalue weighted by Gasteiger charge is -2.06. The molecule has 0 aliphatic heterocycles. The van der Waals surface area contributed by atoms with E-state index in [1.54, 1.807) is 0 Å². The van der Waals surface area contributed by atoms with Crippen LogP contribution in [0.15, 0.2) is 0 Å². The molecule has 0 aromatic rings. The second kappa shape index (κ2) is 23.4. The summed E-state index contributed by atoms with van der Waals surface area (Å²) in [5, 5.41) is 0. The molecule has 0 heterocycles. The van der Waals surface area contributed by atoms with E-state index < -0.39 is 0 Å². The van der Waals surface area contributed by atoms with Crippen LogP contribution in [-0.4, -0.2) is 39.0 Å². The Morgan fingerprint density at radius 3 is 1.48 bits per heavy atom. The van der Waals surface area contributed by atoms with Crippen molar-refractivity contribution in [2.75, 3.05) is 33.0 Å². The molecule has 162 valence electrons. The van der Waals surface area contributed by atoms with Crippen LogP contribution in [0.4, 0.5) is 0 Å². The van der Waals surface area contributed by atoms with Crippen LogP contribution in [0, 0.1) is 0 Å². The first-order valence-corrected chi connectivity index (χ1v) is 11.6. The third kappa shape index (κ3) is 23.4. The first-order chi connectivity index (χ1) is 13.3. The van der Waals surface area contributed by atoms with Crippen LogP contribution in [-0.2, 0) is 19.0 Å². The van der Waals surface area contributed by atoms with Crippen LogP contribution in [0.25, 0.3) is 0 Å². The van der Waals surface area contributed by atoms with Gasteiger partial charge >= 0.3 is 5.97 Å². The molecule has 4 nitrogen and oxygen atoms in total. The van der Waals surface area contributed by atoms with E-state index >= 15 is 0 Å². The predicted octanol–water partition coefficient (Wildman–Crippen LogP) is 6.45. The summed E-state index contributed by atoms with van der Waals surface area (Å²) in [6.07, 6.45) is 19.6. The van der Waals surface area contributed by atoms with E-state index in [0.29, 0.717) is 32.8 Å². The van der Waals surface area contributed by atoms with Gasteiger partial charge in [-0.3, -0.25) is 4.79 Å². The van der Waals surface area contributed by atoms with Gasteiger partial charge in [-0.25, -0.2) is 0 Å². The molecule has 0 aliphatic rings. The highest BCUT2D eigenvalue weighted by atomic mass is 16.5. The molecule has 0 amide bonds. The maximum Gasteiger partial charge on any atom is 0.308 e. The molecule has 0 saturated heterocycles. The molecule has 0 fully saturated rings. The molecule has 0 unspecified atom stereocenters. The summed E-state index contributed by atoms with van der Waals surface area (Å²) in [6.45, 7) is 6.92. The average Bonchev–Trinajstić information content (AvgIpc) is 2.66. The highest BCUT2D eigenvalue weighted by Gasteiger charge is 2.00. The molecular formula is C23H46O4. The van der Waals surface area contributed by atoms with Gasteiger partial charge in [0.25, 0.3) is 0 Å². The van der Waals surface area contributed by atoms with E-state index in [0.717, 1.165) is 13.0 Å². The van der Waals surface area contributed by atoms with E-state index in [4.69, 9.17) is 14.2 Å². The highest BCUT2D eigenvalue weighted by molar-refractivity contribution is 5.69. The van der Waals surface area contributed by atoms with E-state index in [-0.39, 0.29) is 5.97 Å². The van der Waals surface area contributed by atoms with Crippen LogP contribution in [0.3, 0.4) is 0 Å². The number of rotatable bonds is 22. The van der Waals surface area contributed by atoms with Crippen LogP contribution < -0.4 is 0 Å². The van der Waals surface area contributed by atoms with E-state index in [9.17, 15) is 4.79 Å². The minimum Gasteiger partial charge on any atom is -0.466 e. The lowest BCUT2D eigenvalue weighted by molar-refractivity contribution is -0.144. The highest BCUT2D eigenvalue weighted by Crippen LogP contribution is 2.12. The number of carbonyl (C=O) groups is 1. The Labute approximate surface area is 168 Å². The van der Waals surface area contributed by atoms with E-state index in [2.05, 4.69) is 6.92 Å². The number of hydrogen-bond acceptors (Lipinski definition) is 4. The molecule has 0 rings (SSSR count). The third-order valence-corrected chi connectivity index (χ3v) is 4.77. The van der Waals surface area contributed by atoms with Gasteiger partial charge in [-0.1, -0.05) is 90.4 Å². The van der Waals surface area contributed by atoms with Crippen molar-refractivity contribution in [1.82, 2.24) is 0 Å². The van der Waals surface area contributed by atoms with Gasteiger partial charge in [0.05, 0.1) is 32.8 Å². The molecule has 0 atom stereocenters. The van der Waals surface area contributed by atoms with Crippen molar-refractivity contribution in [3.63, 3.8) is 0 Å². The van der Waals surface area contributed by atoms with E-state index in [1.807, 2.05) is 6.92 Å². The number of esters is 1. The fourth-order valence-electron chi connectivity index (χ4n) is 3.11. The Morgan fingerprint density at radius 1 is 0.556 bits per heavy atom. The summed E-state index contributed by atoms with van der Waals surface area (Å²) >= 11 is 0. The lowest BCUT2D eigenvalue weighted by Crippen LogP contribution is -2.11. The molecule has 0 aromatic carbocycles. The van der Waals surface area contributed by atoms with Crippen LogP contribution in [0.2, 0.25) is 0 Å². The summed E-state index contributed by atoms with van der Waals surface area (Å²) in [4.78, 5) is 11.1. The van der Waals surface area contributed by atoms with Crippen molar-refractivity contribution in [3.05, 3.63) is 0 Å². The lowest BCUT2D eigenvalue weighted by atomic mass is 10.0. The fraction of sp³-hybridized carbons (Fsp3) is 0.957. The largest absolute Gasteiger partial charge is 0.466 e. The zero-order chi connectivity index (χ0) is 19.8. The molecule has 0 aliphatic carbocycles. The van der Waals surface area contributed by atoms with Crippen molar-refractivity contribution < 1.29 is 19.0 Å². The van der Waals surface area contributed by atoms with Gasteiger partial charge in [0, 0.05) is 6.61 Å². The molecule has 0 aromatic heterocycles. The summed E-state index contributed by atoms with van der Waals surface area (Å²) in [5.41, 5.74) is 0. The monoisotopic (exact) mass is 386 g/mol. The number of ether oxygens (including phenoxy) is 3. The molecule has 0 spiro atoms. The maximum atomic E-state index is 11.1. The van der Waals surface area contributed by atoms with Crippen LogP contribution >= 0.6 is 0 Å². The van der Waals surface area contributed by atoms with Crippen LogP contribution in [0.1, 0.15) is 110 Å². The smallest absolute Gasteiger partial charge is 0.308 e. The Kier molecular flexibility index (Phi) is 22.9. The predicted molar refractivity (Wildman–Crippen MR) is 113 cm³/mol. The summed E-state index contributed by atoms with van der Waals surface area (Å²) in [6, 6.07) is 0. The zero-order valence-corrected chi connectivity index (χ0v) is 18.3.